The standard InChI is InChI=1S/C17H25N3O/c18-7-6-14-2-1-3-16(12-14)17(21)20-10-8-19(9-11-20)13-15-4-5-15/h1-3,12,15H,4-11,13,18H2. The minimum absolute atomic E-state index is 0.167. The van der Waals surface area contributed by atoms with Crippen molar-refractivity contribution < 1.29 is 4.79 Å². The van der Waals surface area contributed by atoms with E-state index in [1.807, 2.05) is 29.2 Å². The third-order valence-electron chi connectivity index (χ3n) is 4.48. The largest absolute Gasteiger partial charge is 0.336 e. The molecule has 4 heteroatoms. The first-order valence-electron chi connectivity index (χ1n) is 8.07. The normalized spacial score (nSPS) is 19.8. The fourth-order valence-corrected chi connectivity index (χ4v) is 3.01. The molecule has 1 aliphatic carbocycles. The average Bonchev–Trinajstić information content (AvgIpc) is 3.32. The van der Waals surface area contributed by atoms with Gasteiger partial charge in [-0.2, -0.15) is 0 Å². The van der Waals surface area contributed by atoms with Crippen LogP contribution in [0.15, 0.2) is 24.3 Å². The highest BCUT2D eigenvalue weighted by atomic mass is 16.2. The first kappa shape index (κ1) is 14.5. The summed E-state index contributed by atoms with van der Waals surface area (Å²) in [4.78, 5) is 17.1. The van der Waals surface area contributed by atoms with E-state index < -0.39 is 0 Å². The summed E-state index contributed by atoms with van der Waals surface area (Å²) in [5.74, 6) is 1.10. The SMILES string of the molecule is NCCc1cccc(C(=O)N2CCN(CC3CC3)CC2)c1. The molecule has 21 heavy (non-hydrogen) atoms. The lowest BCUT2D eigenvalue weighted by atomic mass is 10.1. The zero-order valence-electron chi connectivity index (χ0n) is 12.6. The lowest BCUT2D eigenvalue weighted by Crippen LogP contribution is -2.49. The van der Waals surface area contributed by atoms with Gasteiger partial charge in [-0.15, -0.1) is 0 Å². The Kier molecular flexibility index (Phi) is 4.56. The fraction of sp³-hybridized carbons (Fsp3) is 0.588. The van der Waals surface area contributed by atoms with Crippen LogP contribution in [0.25, 0.3) is 0 Å². The van der Waals surface area contributed by atoms with Crippen molar-refractivity contribution >= 4 is 5.91 Å². The monoisotopic (exact) mass is 287 g/mol. The number of benzene rings is 1. The van der Waals surface area contributed by atoms with Crippen molar-refractivity contribution in [2.75, 3.05) is 39.3 Å². The van der Waals surface area contributed by atoms with Gasteiger partial charge < -0.3 is 10.6 Å². The van der Waals surface area contributed by atoms with Gasteiger partial charge in [0.15, 0.2) is 0 Å². The van der Waals surface area contributed by atoms with Gasteiger partial charge in [0, 0.05) is 38.3 Å². The Balaban J connectivity index is 1.56. The van der Waals surface area contributed by atoms with Gasteiger partial charge in [-0.1, -0.05) is 12.1 Å². The first-order valence-corrected chi connectivity index (χ1v) is 8.07. The quantitative estimate of drug-likeness (QED) is 0.889. The summed E-state index contributed by atoms with van der Waals surface area (Å²) in [6, 6.07) is 7.91. The molecule has 2 N–H and O–H groups in total. The molecule has 1 saturated heterocycles. The zero-order chi connectivity index (χ0) is 14.7. The van der Waals surface area contributed by atoms with Gasteiger partial charge in [0.1, 0.15) is 0 Å². The molecule has 114 valence electrons. The Hall–Kier alpha value is -1.39. The molecule has 4 nitrogen and oxygen atoms in total. The lowest BCUT2D eigenvalue weighted by molar-refractivity contribution is 0.0632. The van der Waals surface area contributed by atoms with Gasteiger partial charge >= 0.3 is 0 Å². The highest BCUT2D eigenvalue weighted by molar-refractivity contribution is 5.94. The van der Waals surface area contributed by atoms with E-state index in [2.05, 4.69) is 4.90 Å². The Labute approximate surface area is 126 Å². The molecule has 0 radical (unpaired) electrons. The molecule has 1 saturated carbocycles. The molecule has 2 fully saturated rings. The number of hydrogen-bond acceptors (Lipinski definition) is 3. The Morgan fingerprint density at radius 2 is 1.95 bits per heavy atom. The minimum atomic E-state index is 0.167. The van der Waals surface area contributed by atoms with Crippen molar-refractivity contribution in [1.82, 2.24) is 9.80 Å². The molecule has 3 rings (SSSR count). The average molecular weight is 287 g/mol. The number of amides is 1. The molecule has 1 amide bonds. The molecule has 2 aliphatic rings. The molecule has 0 bridgehead atoms. The van der Waals surface area contributed by atoms with Crippen molar-refractivity contribution in [3.05, 3.63) is 35.4 Å². The third kappa shape index (κ3) is 3.83. The number of rotatable bonds is 5. The van der Waals surface area contributed by atoms with Crippen LogP contribution in [0.5, 0.6) is 0 Å². The second-order valence-corrected chi connectivity index (χ2v) is 6.28. The van der Waals surface area contributed by atoms with E-state index in [1.54, 1.807) is 0 Å². The summed E-state index contributed by atoms with van der Waals surface area (Å²) in [6.07, 6.45) is 3.62. The van der Waals surface area contributed by atoms with Gasteiger partial charge in [-0.3, -0.25) is 9.69 Å². The van der Waals surface area contributed by atoms with Crippen LogP contribution >= 0.6 is 0 Å². The van der Waals surface area contributed by atoms with Crippen molar-refractivity contribution in [2.24, 2.45) is 11.7 Å². The molecule has 0 aromatic heterocycles. The molecule has 0 atom stereocenters. The Bertz CT molecular complexity index is 491. The number of nitrogens with two attached hydrogens (primary N) is 1. The summed E-state index contributed by atoms with van der Waals surface area (Å²) in [7, 11) is 0. The summed E-state index contributed by atoms with van der Waals surface area (Å²) in [5.41, 5.74) is 7.54. The second kappa shape index (κ2) is 6.58. The van der Waals surface area contributed by atoms with E-state index >= 15 is 0 Å². The van der Waals surface area contributed by atoms with Gasteiger partial charge in [0.25, 0.3) is 5.91 Å². The van der Waals surface area contributed by atoms with E-state index in [9.17, 15) is 4.79 Å². The number of carbonyl (C=O) groups is 1. The van der Waals surface area contributed by atoms with Crippen LogP contribution in [-0.4, -0.2) is 55.0 Å². The Morgan fingerprint density at radius 1 is 1.19 bits per heavy atom. The molecular weight excluding hydrogens is 262 g/mol. The van der Waals surface area contributed by atoms with E-state index in [0.29, 0.717) is 6.54 Å². The van der Waals surface area contributed by atoms with Gasteiger partial charge in [0.2, 0.25) is 0 Å². The highest BCUT2D eigenvalue weighted by Gasteiger charge is 2.27. The summed E-state index contributed by atoms with van der Waals surface area (Å²) in [5, 5.41) is 0. The van der Waals surface area contributed by atoms with E-state index in [4.69, 9.17) is 5.73 Å². The molecule has 1 aliphatic heterocycles. The van der Waals surface area contributed by atoms with E-state index in [0.717, 1.165) is 49.6 Å². The van der Waals surface area contributed by atoms with Gasteiger partial charge in [-0.25, -0.2) is 0 Å². The minimum Gasteiger partial charge on any atom is -0.336 e. The maximum atomic E-state index is 12.6. The maximum Gasteiger partial charge on any atom is 0.253 e. The van der Waals surface area contributed by atoms with Crippen LogP contribution in [0.2, 0.25) is 0 Å². The third-order valence-corrected chi connectivity index (χ3v) is 4.48. The number of nitrogens with zero attached hydrogens (tertiary/aromatic N) is 2. The van der Waals surface area contributed by atoms with Crippen LogP contribution in [0.1, 0.15) is 28.8 Å². The van der Waals surface area contributed by atoms with Crippen molar-refractivity contribution in [1.29, 1.82) is 0 Å². The lowest BCUT2D eigenvalue weighted by Gasteiger charge is -2.34. The molecular formula is C17H25N3O. The van der Waals surface area contributed by atoms with Gasteiger partial charge in [-0.05, 0) is 49.4 Å². The van der Waals surface area contributed by atoms with E-state index in [1.165, 1.54) is 19.4 Å². The van der Waals surface area contributed by atoms with Crippen LogP contribution in [0.3, 0.4) is 0 Å². The number of piperazine rings is 1. The number of hydrogen-bond donors (Lipinski definition) is 1. The predicted octanol–water partition coefficient (Wildman–Crippen LogP) is 1.36. The predicted molar refractivity (Wildman–Crippen MR) is 84.3 cm³/mol. The summed E-state index contributed by atoms with van der Waals surface area (Å²) < 4.78 is 0. The topological polar surface area (TPSA) is 49.6 Å². The first-order chi connectivity index (χ1) is 10.3. The molecule has 1 aromatic rings. The van der Waals surface area contributed by atoms with Crippen LogP contribution < -0.4 is 5.73 Å². The van der Waals surface area contributed by atoms with Crippen molar-refractivity contribution in [3.63, 3.8) is 0 Å². The summed E-state index contributed by atoms with van der Waals surface area (Å²) >= 11 is 0. The van der Waals surface area contributed by atoms with Gasteiger partial charge in [0.05, 0.1) is 0 Å². The molecule has 1 heterocycles. The molecule has 0 spiro atoms. The molecule has 1 aromatic carbocycles. The second-order valence-electron chi connectivity index (χ2n) is 6.28. The molecule has 0 unspecified atom stereocenters. The van der Waals surface area contributed by atoms with Crippen LogP contribution in [0, 0.1) is 5.92 Å². The Morgan fingerprint density at radius 3 is 2.62 bits per heavy atom. The fourth-order valence-electron chi connectivity index (χ4n) is 3.01. The van der Waals surface area contributed by atoms with E-state index in [-0.39, 0.29) is 5.91 Å². The van der Waals surface area contributed by atoms with Crippen LogP contribution in [-0.2, 0) is 6.42 Å². The maximum absolute atomic E-state index is 12.6. The smallest absolute Gasteiger partial charge is 0.253 e. The van der Waals surface area contributed by atoms with Crippen LogP contribution in [0.4, 0.5) is 0 Å². The highest BCUT2D eigenvalue weighted by Crippen LogP contribution is 2.30. The summed E-state index contributed by atoms with van der Waals surface area (Å²) in [6.45, 7) is 5.60. The van der Waals surface area contributed by atoms with Crippen molar-refractivity contribution in [3.8, 4) is 0 Å². The van der Waals surface area contributed by atoms with Crippen molar-refractivity contribution in [2.45, 2.75) is 19.3 Å². The zero-order valence-corrected chi connectivity index (χ0v) is 12.6. The number of carbonyl (C=O) groups excluding carboxylic acids is 1.